The fraction of sp³-hybridized carbons (Fsp3) is 0.625. The number of nitrogens with zero attached hydrogens (tertiary/aromatic N) is 1. The highest BCUT2D eigenvalue weighted by molar-refractivity contribution is 7.94. The van der Waals surface area contributed by atoms with Crippen LogP contribution in [-0.2, 0) is 20.0 Å². The quantitative estimate of drug-likeness (QED) is 0.567. The summed E-state index contributed by atoms with van der Waals surface area (Å²) in [5.74, 6) is -2.67. The minimum Gasteiger partial charge on any atom is -0.397 e. The minimum absolute atomic E-state index is 0.401. The van der Waals surface area contributed by atoms with E-state index in [0.717, 1.165) is 31.5 Å². The first-order valence-corrected chi connectivity index (χ1v) is 11.9. The van der Waals surface area contributed by atoms with Crippen molar-refractivity contribution in [2.75, 3.05) is 14.1 Å². The highest BCUT2D eigenvalue weighted by Crippen LogP contribution is 2.45. The van der Waals surface area contributed by atoms with Gasteiger partial charge in [-0.2, -0.15) is 13.2 Å². The molecule has 1 fully saturated rings. The first-order valence-electron chi connectivity index (χ1n) is 8.86. The number of rotatable bonds is 5. The molecule has 0 heterocycles. The fourth-order valence-electron chi connectivity index (χ4n) is 3.53. The summed E-state index contributed by atoms with van der Waals surface area (Å²) in [6.07, 6.45) is 0.412. The van der Waals surface area contributed by atoms with Crippen molar-refractivity contribution in [2.45, 2.75) is 44.3 Å². The van der Waals surface area contributed by atoms with E-state index in [1.54, 1.807) is 0 Å². The Morgan fingerprint density at radius 3 is 2.14 bits per heavy atom. The molecule has 2 aliphatic carbocycles. The van der Waals surface area contributed by atoms with Crippen LogP contribution in [0.5, 0.6) is 0 Å². The van der Waals surface area contributed by atoms with Gasteiger partial charge in [-0.25, -0.2) is 26.7 Å². The zero-order chi connectivity index (χ0) is 22.2. The Hall–Kier alpha value is -1.57. The number of sulfonamides is 2. The lowest BCUT2D eigenvalue weighted by atomic mass is 9.92. The molecule has 1 unspecified atom stereocenters. The van der Waals surface area contributed by atoms with Gasteiger partial charge in [-0.15, -0.1) is 0 Å². The number of hydrogen-bond donors (Lipinski definition) is 3. The molecule has 0 bridgehead atoms. The molecule has 0 aromatic heterocycles. The van der Waals surface area contributed by atoms with Gasteiger partial charge in [0, 0.05) is 26.3 Å². The highest BCUT2D eigenvalue weighted by Gasteiger charge is 2.51. The smallest absolute Gasteiger partial charge is 0.397 e. The lowest BCUT2D eigenvalue weighted by molar-refractivity contribution is -0.152. The van der Waals surface area contributed by atoms with Gasteiger partial charge in [0.2, 0.25) is 20.0 Å². The molecule has 0 aromatic carbocycles. The molecule has 0 amide bonds. The molecule has 0 radical (unpaired) electrons. The van der Waals surface area contributed by atoms with Gasteiger partial charge in [-0.1, -0.05) is 19.3 Å². The molecule has 1 atom stereocenters. The number of alkyl halides is 3. The van der Waals surface area contributed by atoms with Crippen molar-refractivity contribution in [2.24, 2.45) is 16.8 Å². The van der Waals surface area contributed by atoms with E-state index < -0.39 is 59.3 Å². The van der Waals surface area contributed by atoms with Gasteiger partial charge < -0.3 is 10.6 Å². The van der Waals surface area contributed by atoms with Crippen molar-refractivity contribution in [3.63, 3.8) is 0 Å². The van der Waals surface area contributed by atoms with Gasteiger partial charge in [-0.05, 0) is 24.5 Å². The monoisotopic (exact) mass is 458 g/mol. The fourth-order valence-corrected chi connectivity index (χ4v) is 6.10. The van der Waals surface area contributed by atoms with Crippen molar-refractivity contribution in [3.05, 3.63) is 33.4 Å². The first kappa shape index (κ1) is 23.7. The van der Waals surface area contributed by atoms with Crippen molar-refractivity contribution in [3.8, 4) is 0 Å². The number of allylic oxidation sites excluding steroid dienone is 3. The molecular weight excluding hydrogens is 433 g/mol. The minimum atomic E-state index is -5.06. The predicted octanol–water partition coefficient (Wildman–Crippen LogP) is 1.22. The van der Waals surface area contributed by atoms with Crippen molar-refractivity contribution < 1.29 is 30.0 Å². The number of halogens is 3. The summed E-state index contributed by atoms with van der Waals surface area (Å²) >= 11 is 0. The van der Waals surface area contributed by atoms with E-state index >= 15 is 0 Å². The van der Waals surface area contributed by atoms with E-state index in [-0.39, 0.29) is 0 Å². The van der Waals surface area contributed by atoms with Gasteiger partial charge >= 0.3 is 6.18 Å². The molecule has 29 heavy (non-hydrogen) atoms. The van der Waals surface area contributed by atoms with Crippen molar-refractivity contribution in [1.82, 2.24) is 9.62 Å². The molecule has 1 saturated carbocycles. The number of nitrogens with one attached hydrogen (secondary N) is 1. The van der Waals surface area contributed by atoms with Gasteiger partial charge in [0.15, 0.2) is 0 Å². The van der Waals surface area contributed by atoms with Crippen LogP contribution in [0.1, 0.15) is 32.1 Å². The van der Waals surface area contributed by atoms with Crippen LogP contribution in [0.25, 0.3) is 0 Å². The second-order valence-corrected chi connectivity index (χ2v) is 10.6. The highest BCUT2D eigenvalue weighted by atomic mass is 32.2. The normalized spacial score (nSPS) is 24.0. The maximum atomic E-state index is 13.7. The lowest BCUT2D eigenvalue weighted by Crippen LogP contribution is -2.42. The summed E-state index contributed by atoms with van der Waals surface area (Å²) in [5.41, 5.74) is 4.06. The molecule has 13 heteroatoms. The second kappa shape index (κ2) is 8.28. The maximum absolute atomic E-state index is 13.7. The summed E-state index contributed by atoms with van der Waals surface area (Å²) in [6.45, 7) is 0. The maximum Gasteiger partial charge on any atom is 0.400 e. The van der Waals surface area contributed by atoms with Crippen LogP contribution in [0.3, 0.4) is 0 Å². The van der Waals surface area contributed by atoms with Gasteiger partial charge in [-0.3, -0.25) is 0 Å². The number of nitrogens with two attached hydrogens (primary N) is 2. The number of hydrogen-bond acceptors (Lipinski definition) is 6. The van der Waals surface area contributed by atoms with Crippen LogP contribution in [0.2, 0.25) is 0 Å². The Kier molecular flexibility index (Phi) is 6.77. The van der Waals surface area contributed by atoms with E-state index in [1.807, 2.05) is 0 Å². The zero-order valence-electron chi connectivity index (χ0n) is 16.0. The van der Waals surface area contributed by atoms with Gasteiger partial charge in [0.1, 0.15) is 15.7 Å². The summed E-state index contributed by atoms with van der Waals surface area (Å²) in [4.78, 5) is -0.864. The van der Waals surface area contributed by atoms with Crippen LogP contribution in [-0.4, -0.2) is 48.0 Å². The number of primary sulfonamides is 1. The van der Waals surface area contributed by atoms with Crippen LogP contribution in [0.15, 0.2) is 33.4 Å². The third kappa shape index (κ3) is 5.53. The Balaban J connectivity index is 2.67. The lowest BCUT2D eigenvalue weighted by Gasteiger charge is -2.31. The van der Waals surface area contributed by atoms with Gasteiger partial charge in [0.25, 0.3) is 0 Å². The topological polar surface area (TPSA) is 136 Å². The molecule has 2 rings (SSSR count). The van der Waals surface area contributed by atoms with Crippen LogP contribution >= 0.6 is 0 Å². The van der Waals surface area contributed by atoms with E-state index in [4.69, 9.17) is 10.9 Å². The largest absolute Gasteiger partial charge is 0.400 e. The third-order valence-corrected chi connectivity index (χ3v) is 7.31. The molecular formula is C16H25F3N4O4S2. The van der Waals surface area contributed by atoms with Crippen LogP contribution in [0.4, 0.5) is 13.2 Å². The summed E-state index contributed by atoms with van der Waals surface area (Å²) in [7, 11) is -6.51. The SMILES string of the molecule is CN(C)C=C1C=C(S(=O)(=O)NC2CCCCC2)C(N)=C(S(N)(=O)=O)C1C(F)(F)F. The summed E-state index contributed by atoms with van der Waals surface area (Å²) in [5, 5.41) is 5.02. The molecule has 0 spiro atoms. The summed E-state index contributed by atoms with van der Waals surface area (Å²) < 4.78 is 93.4. The van der Waals surface area contributed by atoms with Gasteiger partial charge in [0.05, 0.1) is 5.70 Å². The molecule has 0 aromatic rings. The van der Waals surface area contributed by atoms with E-state index in [9.17, 15) is 30.0 Å². The summed E-state index contributed by atoms with van der Waals surface area (Å²) in [6, 6.07) is -0.401. The van der Waals surface area contributed by atoms with Crippen LogP contribution < -0.4 is 15.6 Å². The third-order valence-electron chi connectivity index (χ3n) is 4.68. The Morgan fingerprint density at radius 1 is 1.14 bits per heavy atom. The standard InChI is InChI=1S/C16H25F3N4O4S2/c1-23(2)9-10-8-12(29(26,27)22-11-6-4-3-5-7-11)14(20)15(28(21,24)25)13(10)16(17,18)19/h8-9,11,13,22H,3-7,20H2,1-2H3,(H2,21,24,25). The molecule has 0 saturated heterocycles. The second-order valence-electron chi connectivity index (χ2n) is 7.36. The molecule has 8 nitrogen and oxygen atoms in total. The Bertz CT molecular complexity index is 945. The van der Waals surface area contributed by atoms with Crippen molar-refractivity contribution >= 4 is 20.0 Å². The molecule has 2 aliphatic rings. The molecule has 5 N–H and O–H groups in total. The Labute approximate surface area is 168 Å². The van der Waals surface area contributed by atoms with E-state index in [1.165, 1.54) is 19.0 Å². The average Bonchev–Trinajstić information content (AvgIpc) is 2.53. The Morgan fingerprint density at radius 2 is 1.69 bits per heavy atom. The zero-order valence-corrected chi connectivity index (χ0v) is 17.7. The average molecular weight is 459 g/mol. The first-order chi connectivity index (χ1) is 13.1. The van der Waals surface area contributed by atoms with Crippen molar-refractivity contribution in [1.29, 1.82) is 0 Å². The molecule has 0 aliphatic heterocycles. The predicted molar refractivity (Wildman–Crippen MR) is 103 cm³/mol. The molecule has 166 valence electrons. The van der Waals surface area contributed by atoms with E-state index in [2.05, 4.69) is 4.72 Å². The van der Waals surface area contributed by atoms with Crippen LogP contribution in [0, 0.1) is 5.92 Å². The van der Waals surface area contributed by atoms with E-state index in [0.29, 0.717) is 12.8 Å².